The predicted molar refractivity (Wildman–Crippen MR) is 121 cm³/mol. The Morgan fingerprint density at radius 2 is 1.61 bits per heavy atom. The molecular formula is C25H28N2O6. The molecule has 0 unspecified atom stereocenters. The lowest BCUT2D eigenvalue weighted by Crippen LogP contribution is -2.41. The minimum atomic E-state index is -0.500. The van der Waals surface area contributed by atoms with Gasteiger partial charge in [0.1, 0.15) is 12.3 Å². The van der Waals surface area contributed by atoms with E-state index in [4.69, 9.17) is 9.47 Å². The molecule has 0 saturated heterocycles. The zero-order valence-corrected chi connectivity index (χ0v) is 19.3. The van der Waals surface area contributed by atoms with Gasteiger partial charge in [-0.15, -0.1) is 0 Å². The number of amides is 3. The van der Waals surface area contributed by atoms with Crippen LogP contribution in [-0.4, -0.2) is 59.3 Å². The maximum absolute atomic E-state index is 13.4. The summed E-state index contributed by atoms with van der Waals surface area (Å²) in [7, 11) is 0. The fourth-order valence-electron chi connectivity index (χ4n) is 3.68. The molecule has 0 atom stereocenters. The number of esters is 1. The van der Waals surface area contributed by atoms with Crippen molar-refractivity contribution in [3.8, 4) is 5.75 Å². The molecule has 0 fully saturated rings. The number of fused-ring (bicyclic) bond motifs is 1. The molecule has 3 rings (SSSR count). The monoisotopic (exact) mass is 452 g/mol. The van der Waals surface area contributed by atoms with E-state index in [0.29, 0.717) is 29.0 Å². The molecule has 8 nitrogen and oxygen atoms in total. The molecule has 33 heavy (non-hydrogen) atoms. The molecule has 1 aliphatic rings. The molecule has 0 radical (unpaired) electrons. The highest BCUT2D eigenvalue weighted by Gasteiger charge is 2.35. The second kappa shape index (κ2) is 10.3. The van der Waals surface area contributed by atoms with Crippen LogP contribution in [0.4, 0.5) is 0 Å². The first-order valence-corrected chi connectivity index (χ1v) is 11.0. The number of hydrogen-bond acceptors (Lipinski definition) is 6. The summed E-state index contributed by atoms with van der Waals surface area (Å²) < 4.78 is 10.7. The minimum absolute atomic E-state index is 0.0125. The number of ether oxygens (including phenoxy) is 2. The van der Waals surface area contributed by atoms with Gasteiger partial charge in [0.15, 0.2) is 0 Å². The van der Waals surface area contributed by atoms with Gasteiger partial charge >= 0.3 is 5.97 Å². The summed E-state index contributed by atoms with van der Waals surface area (Å²) in [6.45, 7) is 7.50. The van der Waals surface area contributed by atoms with Crippen LogP contribution in [0, 0.1) is 0 Å². The molecule has 174 valence electrons. The van der Waals surface area contributed by atoms with E-state index in [-0.39, 0.29) is 43.1 Å². The van der Waals surface area contributed by atoms with Crippen LogP contribution >= 0.6 is 0 Å². The van der Waals surface area contributed by atoms with E-state index >= 15 is 0 Å². The third-order valence-electron chi connectivity index (χ3n) is 5.28. The Bertz CT molecular complexity index is 1040. The third-order valence-corrected chi connectivity index (χ3v) is 5.28. The predicted octanol–water partition coefficient (Wildman–Crippen LogP) is 3.30. The van der Waals surface area contributed by atoms with E-state index in [1.807, 2.05) is 0 Å². The average Bonchev–Trinajstić information content (AvgIpc) is 3.03. The van der Waals surface area contributed by atoms with Crippen molar-refractivity contribution in [3.63, 3.8) is 0 Å². The molecule has 2 aromatic rings. The van der Waals surface area contributed by atoms with E-state index in [2.05, 4.69) is 0 Å². The standard InChI is InChI=1S/C25H28N2O6/c1-5-32-21-12-11-17(14-27-23(29)18-9-7-8-10-19(18)24(27)30)13-20(21)25(31)26(16(3)4)15-22(28)33-6-2/h7-13,16H,5-6,14-15H2,1-4H3. The lowest BCUT2D eigenvalue weighted by molar-refractivity contribution is -0.144. The van der Waals surface area contributed by atoms with Crippen LogP contribution in [0.25, 0.3) is 0 Å². The first kappa shape index (κ1) is 24.0. The van der Waals surface area contributed by atoms with Crippen LogP contribution < -0.4 is 4.74 Å². The Labute approximate surface area is 193 Å². The van der Waals surface area contributed by atoms with Crippen molar-refractivity contribution in [2.24, 2.45) is 0 Å². The highest BCUT2D eigenvalue weighted by molar-refractivity contribution is 6.21. The number of carbonyl (C=O) groups excluding carboxylic acids is 4. The highest BCUT2D eigenvalue weighted by atomic mass is 16.5. The molecule has 0 aliphatic carbocycles. The molecule has 0 spiro atoms. The Hall–Kier alpha value is -3.68. The number of hydrogen-bond donors (Lipinski definition) is 0. The van der Waals surface area contributed by atoms with Gasteiger partial charge in [0, 0.05) is 6.04 Å². The fourth-order valence-corrected chi connectivity index (χ4v) is 3.68. The van der Waals surface area contributed by atoms with E-state index < -0.39 is 11.9 Å². The van der Waals surface area contributed by atoms with Crippen molar-refractivity contribution < 1.29 is 28.7 Å². The maximum Gasteiger partial charge on any atom is 0.325 e. The summed E-state index contributed by atoms with van der Waals surface area (Å²) in [5, 5.41) is 0. The molecule has 0 aromatic heterocycles. The second-order valence-corrected chi connectivity index (χ2v) is 7.84. The quantitative estimate of drug-likeness (QED) is 0.428. The zero-order chi connectivity index (χ0) is 24.1. The average molecular weight is 453 g/mol. The summed E-state index contributed by atoms with van der Waals surface area (Å²) >= 11 is 0. The summed E-state index contributed by atoms with van der Waals surface area (Å²) in [4.78, 5) is 53.5. The van der Waals surface area contributed by atoms with Gasteiger partial charge in [0.05, 0.1) is 36.4 Å². The van der Waals surface area contributed by atoms with Crippen molar-refractivity contribution in [1.29, 1.82) is 0 Å². The van der Waals surface area contributed by atoms with Gasteiger partial charge in [0.25, 0.3) is 17.7 Å². The Morgan fingerprint density at radius 1 is 0.970 bits per heavy atom. The van der Waals surface area contributed by atoms with Crippen molar-refractivity contribution in [2.75, 3.05) is 19.8 Å². The van der Waals surface area contributed by atoms with E-state index in [1.54, 1.807) is 70.2 Å². The smallest absolute Gasteiger partial charge is 0.325 e. The van der Waals surface area contributed by atoms with Gasteiger partial charge in [-0.1, -0.05) is 18.2 Å². The van der Waals surface area contributed by atoms with Crippen LogP contribution in [0.5, 0.6) is 5.75 Å². The number of carbonyl (C=O) groups is 4. The highest BCUT2D eigenvalue weighted by Crippen LogP contribution is 2.27. The van der Waals surface area contributed by atoms with Gasteiger partial charge < -0.3 is 14.4 Å². The first-order chi connectivity index (χ1) is 15.8. The number of rotatable bonds is 9. The fraction of sp³-hybridized carbons (Fsp3) is 0.360. The molecule has 0 bridgehead atoms. The third kappa shape index (κ3) is 5.05. The number of nitrogens with zero attached hydrogens (tertiary/aromatic N) is 2. The normalized spacial score (nSPS) is 12.7. The summed E-state index contributed by atoms with van der Waals surface area (Å²) in [5.41, 5.74) is 1.58. The van der Waals surface area contributed by atoms with Gasteiger partial charge in [0.2, 0.25) is 0 Å². The van der Waals surface area contributed by atoms with Crippen molar-refractivity contribution in [2.45, 2.75) is 40.3 Å². The first-order valence-electron chi connectivity index (χ1n) is 11.0. The van der Waals surface area contributed by atoms with Gasteiger partial charge in [-0.05, 0) is 57.5 Å². The number of imide groups is 1. The van der Waals surface area contributed by atoms with E-state index in [0.717, 1.165) is 4.90 Å². The molecule has 3 amide bonds. The second-order valence-electron chi connectivity index (χ2n) is 7.84. The molecule has 1 heterocycles. The molecular weight excluding hydrogens is 424 g/mol. The minimum Gasteiger partial charge on any atom is -0.493 e. The molecule has 0 N–H and O–H groups in total. The Balaban J connectivity index is 1.91. The molecule has 0 saturated carbocycles. The van der Waals surface area contributed by atoms with Crippen LogP contribution in [0.2, 0.25) is 0 Å². The maximum atomic E-state index is 13.4. The number of benzene rings is 2. The van der Waals surface area contributed by atoms with Crippen molar-refractivity contribution in [1.82, 2.24) is 9.80 Å². The molecule has 1 aliphatic heterocycles. The largest absolute Gasteiger partial charge is 0.493 e. The van der Waals surface area contributed by atoms with Gasteiger partial charge in [-0.3, -0.25) is 24.1 Å². The summed E-state index contributed by atoms with van der Waals surface area (Å²) in [5.74, 6) is -1.28. The van der Waals surface area contributed by atoms with Crippen molar-refractivity contribution >= 4 is 23.7 Å². The SMILES string of the molecule is CCOC(=O)CN(C(=O)c1cc(CN2C(=O)c3ccccc3C2=O)ccc1OCC)C(C)C. The van der Waals surface area contributed by atoms with Gasteiger partial charge in [-0.2, -0.15) is 0 Å². The lowest BCUT2D eigenvalue weighted by Gasteiger charge is -2.27. The van der Waals surface area contributed by atoms with E-state index in [9.17, 15) is 19.2 Å². The molecule has 2 aromatic carbocycles. The zero-order valence-electron chi connectivity index (χ0n) is 19.3. The van der Waals surface area contributed by atoms with Crippen LogP contribution in [0.1, 0.15) is 64.3 Å². The van der Waals surface area contributed by atoms with Crippen LogP contribution in [-0.2, 0) is 16.1 Å². The summed E-state index contributed by atoms with van der Waals surface area (Å²) in [6, 6.07) is 11.4. The van der Waals surface area contributed by atoms with Crippen LogP contribution in [0.3, 0.4) is 0 Å². The van der Waals surface area contributed by atoms with Crippen molar-refractivity contribution in [3.05, 3.63) is 64.7 Å². The van der Waals surface area contributed by atoms with Crippen LogP contribution in [0.15, 0.2) is 42.5 Å². The lowest BCUT2D eigenvalue weighted by atomic mass is 10.1. The summed E-state index contributed by atoms with van der Waals surface area (Å²) in [6.07, 6.45) is 0. The topological polar surface area (TPSA) is 93.2 Å². The Kier molecular flexibility index (Phi) is 7.48. The van der Waals surface area contributed by atoms with Gasteiger partial charge in [-0.25, -0.2) is 0 Å². The Morgan fingerprint density at radius 3 is 2.15 bits per heavy atom. The molecule has 8 heteroatoms. The van der Waals surface area contributed by atoms with E-state index in [1.165, 1.54) is 4.90 Å².